The van der Waals surface area contributed by atoms with Crippen molar-refractivity contribution in [1.29, 1.82) is 0 Å². The lowest BCUT2D eigenvalue weighted by molar-refractivity contribution is -0.122. The largest absolute Gasteiger partial charge is 0.337 e. The fourth-order valence-corrected chi connectivity index (χ4v) is 2.43. The van der Waals surface area contributed by atoms with E-state index in [1.54, 1.807) is 30.3 Å². The van der Waals surface area contributed by atoms with E-state index >= 15 is 0 Å². The summed E-state index contributed by atoms with van der Waals surface area (Å²) in [5.74, 6) is 1.09. The Labute approximate surface area is 138 Å². The molecular formula is C15H14Cl2N4O. The van der Waals surface area contributed by atoms with E-state index in [2.05, 4.69) is 20.8 Å². The van der Waals surface area contributed by atoms with E-state index in [-0.39, 0.29) is 11.8 Å². The normalized spacial score (nSPS) is 14.3. The first-order valence-corrected chi connectivity index (χ1v) is 7.74. The van der Waals surface area contributed by atoms with Gasteiger partial charge < -0.3 is 10.6 Å². The summed E-state index contributed by atoms with van der Waals surface area (Å²) in [6.45, 7) is 0. The number of nitrogens with zero attached hydrogens (tertiary/aromatic N) is 2. The second-order valence-corrected chi connectivity index (χ2v) is 6.01. The molecule has 3 rings (SSSR count). The van der Waals surface area contributed by atoms with Crippen molar-refractivity contribution >= 4 is 46.4 Å². The van der Waals surface area contributed by atoms with Crippen LogP contribution in [0.1, 0.15) is 19.3 Å². The molecule has 22 heavy (non-hydrogen) atoms. The van der Waals surface area contributed by atoms with Gasteiger partial charge in [-0.15, -0.1) is 10.2 Å². The summed E-state index contributed by atoms with van der Waals surface area (Å²) in [5, 5.41) is 14.9. The minimum Gasteiger partial charge on any atom is -0.337 e. The average Bonchev–Trinajstić information content (AvgIpc) is 2.43. The fourth-order valence-electron chi connectivity index (χ4n) is 2.10. The third-order valence-corrected chi connectivity index (χ3v) is 4.15. The molecule has 0 atom stereocenters. The number of nitrogens with one attached hydrogen (secondary N) is 2. The van der Waals surface area contributed by atoms with Gasteiger partial charge in [0.25, 0.3) is 0 Å². The monoisotopic (exact) mass is 336 g/mol. The summed E-state index contributed by atoms with van der Waals surface area (Å²) in [7, 11) is 0. The van der Waals surface area contributed by atoms with Crippen molar-refractivity contribution < 1.29 is 4.79 Å². The van der Waals surface area contributed by atoms with Gasteiger partial charge in [0.2, 0.25) is 5.91 Å². The summed E-state index contributed by atoms with van der Waals surface area (Å²) < 4.78 is 0. The number of amides is 1. The van der Waals surface area contributed by atoms with E-state index in [1.165, 1.54) is 0 Å². The van der Waals surface area contributed by atoms with Gasteiger partial charge in [-0.2, -0.15) is 0 Å². The van der Waals surface area contributed by atoms with Gasteiger partial charge >= 0.3 is 0 Å². The zero-order valence-electron chi connectivity index (χ0n) is 11.6. The van der Waals surface area contributed by atoms with E-state index in [0.717, 1.165) is 19.3 Å². The molecule has 0 bridgehead atoms. The van der Waals surface area contributed by atoms with Crippen molar-refractivity contribution in [1.82, 2.24) is 10.2 Å². The smallest absolute Gasteiger partial charge is 0.228 e. The predicted molar refractivity (Wildman–Crippen MR) is 87.7 cm³/mol. The van der Waals surface area contributed by atoms with Gasteiger partial charge in [-0.25, -0.2) is 0 Å². The Bertz CT molecular complexity index is 686. The maximum atomic E-state index is 11.8. The maximum Gasteiger partial charge on any atom is 0.228 e. The Morgan fingerprint density at radius 1 is 1.09 bits per heavy atom. The summed E-state index contributed by atoms with van der Waals surface area (Å²) in [4.78, 5) is 11.8. The summed E-state index contributed by atoms with van der Waals surface area (Å²) in [6.07, 6.45) is 3.02. The molecule has 0 saturated heterocycles. The fraction of sp³-hybridized carbons (Fsp3) is 0.267. The first kappa shape index (κ1) is 15.1. The molecule has 1 heterocycles. The third-order valence-electron chi connectivity index (χ3n) is 3.58. The van der Waals surface area contributed by atoms with Crippen LogP contribution in [0.2, 0.25) is 10.0 Å². The van der Waals surface area contributed by atoms with Crippen LogP contribution in [0.4, 0.5) is 17.3 Å². The van der Waals surface area contributed by atoms with Crippen LogP contribution in [0, 0.1) is 5.92 Å². The molecule has 0 radical (unpaired) electrons. The molecule has 5 nitrogen and oxygen atoms in total. The minimum absolute atomic E-state index is 0.0131. The van der Waals surface area contributed by atoms with E-state index in [9.17, 15) is 4.79 Å². The molecule has 2 aromatic rings. The van der Waals surface area contributed by atoms with E-state index < -0.39 is 0 Å². The predicted octanol–water partition coefficient (Wildman–Crippen LogP) is 4.27. The topological polar surface area (TPSA) is 66.9 Å². The van der Waals surface area contributed by atoms with Crippen LogP contribution in [0.3, 0.4) is 0 Å². The van der Waals surface area contributed by atoms with Gasteiger partial charge in [-0.05, 0) is 43.2 Å². The van der Waals surface area contributed by atoms with Gasteiger partial charge in [0.15, 0.2) is 11.6 Å². The molecule has 1 aromatic heterocycles. The quantitative estimate of drug-likeness (QED) is 0.874. The van der Waals surface area contributed by atoms with E-state index in [4.69, 9.17) is 23.2 Å². The van der Waals surface area contributed by atoms with E-state index in [1.807, 2.05) is 0 Å². The highest BCUT2D eigenvalue weighted by molar-refractivity contribution is 6.35. The van der Waals surface area contributed by atoms with Crippen LogP contribution in [-0.2, 0) is 4.79 Å². The first-order chi connectivity index (χ1) is 10.6. The molecule has 2 N–H and O–H groups in total. The number of carbonyl (C=O) groups excluding carboxylic acids is 1. The van der Waals surface area contributed by atoms with Crippen molar-refractivity contribution in [3.05, 3.63) is 40.4 Å². The van der Waals surface area contributed by atoms with Gasteiger partial charge in [0, 0.05) is 10.9 Å². The molecule has 1 aliphatic carbocycles. The highest BCUT2D eigenvalue weighted by Crippen LogP contribution is 2.29. The second kappa shape index (κ2) is 6.50. The molecule has 1 amide bonds. The molecule has 0 spiro atoms. The van der Waals surface area contributed by atoms with Crippen molar-refractivity contribution in [2.24, 2.45) is 5.92 Å². The van der Waals surface area contributed by atoms with Gasteiger partial charge in [0.05, 0.1) is 10.7 Å². The SMILES string of the molecule is O=C(Nc1ccc(Nc2cc(Cl)ccc2Cl)nn1)C1CCC1. The van der Waals surface area contributed by atoms with Crippen molar-refractivity contribution in [3.8, 4) is 0 Å². The van der Waals surface area contributed by atoms with Crippen LogP contribution >= 0.6 is 23.2 Å². The molecule has 1 fully saturated rings. The van der Waals surface area contributed by atoms with Crippen LogP contribution in [0.25, 0.3) is 0 Å². The van der Waals surface area contributed by atoms with Gasteiger partial charge in [-0.1, -0.05) is 29.6 Å². The number of rotatable bonds is 4. The number of halogens is 2. The number of hydrogen-bond donors (Lipinski definition) is 2. The van der Waals surface area contributed by atoms with Gasteiger partial charge in [-0.3, -0.25) is 4.79 Å². The number of benzene rings is 1. The molecule has 1 saturated carbocycles. The highest BCUT2D eigenvalue weighted by Gasteiger charge is 2.25. The van der Waals surface area contributed by atoms with E-state index in [0.29, 0.717) is 27.4 Å². The molecule has 114 valence electrons. The summed E-state index contributed by atoms with van der Waals surface area (Å²) in [6, 6.07) is 8.54. The summed E-state index contributed by atoms with van der Waals surface area (Å²) in [5.41, 5.74) is 0.648. The zero-order valence-corrected chi connectivity index (χ0v) is 13.2. The maximum absolute atomic E-state index is 11.8. The highest BCUT2D eigenvalue weighted by atomic mass is 35.5. The van der Waals surface area contributed by atoms with Crippen LogP contribution < -0.4 is 10.6 Å². The van der Waals surface area contributed by atoms with Crippen molar-refractivity contribution in [2.45, 2.75) is 19.3 Å². The first-order valence-electron chi connectivity index (χ1n) is 6.98. The van der Waals surface area contributed by atoms with Crippen LogP contribution in [-0.4, -0.2) is 16.1 Å². The average molecular weight is 337 g/mol. The second-order valence-electron chi connectivity index (χ2n) is 5.17. The lowest BCUT2D eigenvalue weighted by Gasteiger charge is -2.23. The van der Waals surface area contributed by atoms with Gasteiger partial charge in [0.1, 0.15) is 0 Å². The lowest BCUT2D eigenvalue weighted by Crippen LogP contribution is -2.28. The Morgan fingerprint density at radius 2 is 1.82 bits per heavy atom. The molecule has 0 aliphatic heterocycles. The number of aromatic nitrogens is 2. The Morgan fingerprint density at radius 3 is 2.45 bits per heavy atom. The molecule has 7 heteroatoms. The summed E-state index contributed by atoms with van der Waals surface area (Å²) >= 11 is 12.0. The van der Waals surface area contributed by atoms with Crippen LogP contribution in [0.5, 0.6) is 0 Å². The minimum atomic E-state index is 0.0131. The standard InChI is InChI=1S/C15H14Cl2N4O/c16-10-4-5-11(17)12(8-10)18-13-6-7-14(21-20-13)19-15(22)9-2-1-3-9/h4-9H,1-3H2,(H,18,20)(H,19,21,22). The Balaban J connectivity index is 1.66. The molecule has 0 unspecified atom stereocenters. The molecular weight excluding hydrogens is 323 g/mol. The third kappa shape index (κ3) is 3.48. The molecule has 1 aromatic carbocycles. The van der Waals surface area contributed by atoms with Crippen molar-refractivity contribution in [2.75, 3.05) is 10.6 Å². The number of anilines is 3. The Hall–Kier alpha value is -1.85. The molecule has 1 aliphatic rings. The van der Waals surface area contributed by atoms with Crippen molar-refractivity contribution in [3.63, 3.8) is 0 Å². The van der Waals surface area contributed by atoms with Crippen LogP contribution in [0.15, 0.2) is 30.3 Å². The number of hydrogen-bond acceptors (Lipinski definition) is 4. The zero-order chi connectivity index (χ0) is 15.5. The lowest BCUT2D eigenvalue weighted by atomic mass is 9.85. The number of carbonyl (C=O) groups is 1. The Kier molecular flexibility index (Phi) is 4.45.